The molecule has 1 aromatic carbocycles. The lowest BCUT2D eigenvalue weighted by atomic mass is 9.99. The maximum atomic E-state index is 5.81. The van der Waals surface area contributed by atoms with Crippen LogP contribution in [0.1, 0.15) is 23.6 Å². The Hall–Kier alpha value is -1.76. The highest BCUT2D eigenvalue weighted by Crippen LogP contribution is 2.21. The van der Waals surface area contributed by atoms with Crippen LogP contribution < -0.4 is 5.73 Å². The minimum atomic E-state index is 0.600. The lowest BCUT2D eigenvalue weighted by Crippen LogP contribution is -1.99. The maximum Gasteiger partial charge on any atom is 0.0320 e. The lowest BCUT2D eigenvalue weighted by molar-refractivity contribution is 1.35. The number of hydrogen-bond donors (Lipinski definition) is 1. The molecule has 0 aliphatic rings. The molecule has 0 unspecified atom stereocenters. The van der Waals surface area contributed by atoms with Gasteiger partial charge in [-0.1, -0.05) is 54.1 Å². The van der Waals surface area contributed by atoms with Gasteiger partial charge < -0.3 is 5.73 Å². The van der Waals surface area contributed by atoms with Gasteiger partial charge in [-0.15, -0.1) is 0 Å². The van der Waals surface area contributed by atoms with E-state index in [1.807, 2.05) is 25.2 Å². The van der Waals surface area contributed by atoms with E-state index in [0.717, 1.165) is 11.1 Å². The van der Waals surface area contributed by atoms with Crippen molar-refractivity contribution in [2.75, 3.05) is 0 Å². The summed E-state index contributed by atoms with van der Waals surface area (Å²) in [5.41, 5.74) is 11.0. The van der Waals surface area contributed by atoms with Crippen LogP contribution in [0.15, 0.2) is 48.7 Å². The van der Waals surface area contributed by atoms with Gasteiger partial charge in [0, 0.05) is 11.3 Å². The van der Waals surface area contributed by atoms with Gasteiger partial charge in [0.1, 0.15) is 0 Å². The molecule has 2 N–H and O–H groups in total. The smallest absolute Gasteiger partial charge is 0.0320 e. The Bertz CT molecular complexity index is 430. The highest BCUT2D eigenvalue weighted by atomic mass is 14.6. The van der Waals surface area contributed by atoms with Crippen molar-refractivity contribution in [3.63, 3.8) is 0 Å². The largest absolute Gasteiger partial charge is 0.399 e. The quantitative estimate of drug-likeness (QED) is 0.761. The van der Waals surface area contributed by atoms with Gasteiger partial charge >= 0.3 is 0 Å². The zero-order valence-electron chi connectivity index (χ0n) is 10.2. The average molecular weight is 213 g/mol. The number of allylic oxidation sites excluding steroid dienone is 4. The summed E-state index contributed by atoms with van der Waals surface area (Å²) in [7, 11) is 0. The van der Waals surface area contributed by atoms with Crippen LogP contribution in [0.2, 0.25) is 0 Å². The first-order valence-electron chi connectivity index (χ1n) is 5.41. The summed E-state index contributed by atoms with van der Waals surface area (Å²) in [4.78, 5) is 0. The van der Waals surface area contributed by atoms with Gasteiger partial charge in [-0.3, -0.25) is 0 Å². The summed E-state index contributed by atoms with van der Waals surface area (Å²) < 4.78 is 0. The normalized spacial score (nSPS) is 12.1. The first-order valence-corrected chi connectivity index (χ1v) is 5.41. The third-order valence-electron chi connectivity index (χ3n) is 2.33. The monoisotopic (exact) mass is 213 g/mol. The van der Waals surface area contributed by atoms with Gasteiger partial charge in [0.2, 0.25) is 0 Å². The molecule has 1 aromatic rings. The molecular weight excluding hydrogens is 194 g/mol. The molecule has 0 spiro atoms. The van der Waals surface area contributed by atoms with E-state index in [1.54, 1.807) is 0 Å². The van der Waals surface area contributed by atoms with Crippen LogP contribution in [0, 0.1) is 13.8 Å². The number of nitrogens with two attached hydrogens (primary N) is 1. The Morgan fingerprint density at radius 2 is 1.75 bits per heavy atom. The van der Waals surface area contributed by atoms with Gasteiger partial charge in [-0.05, 0) is 26.3 Å². The van der Waals surface area contributed by atoms with E-state index < -0.39 is 0 Å². The molecule has 0 amide bonds. The third kappa shape index (κ3) is 3.13. The second kappa shape index (κ2) is 5.36. The van der Waals surface area contributed by atoms with Crippen molar-refractivity contribution in [3.05, 3.63) is 65.4 Å². The molecule has 1 heteroatoms. The first kappa shape index (κ1) is 12.3. The average Bonchev–Trinajstić information content (AvgIpc) is 2.16. The molecule has 84 valence electrons. The standard InChI is InChI=1S/C15H19N/c1-5-6-7-15(13(4)16)14-9-11(2)8-12(3)10-14/h5-10H,4,16H2,1-3H3/b6-5-,15-7+. The van der Waals surface area contributed by atoms with E-state index in [-0.39, 0.29) is 0 Å². The van der Waals surface area contributed by atoms with Crippen molar-refractivity contribution in [2.24, 2.45) is 5.73 Å². The predicted molar refractivity (Wildman–Crippen MR) is 72.0 cm³/mol. The third-order valence-corrected chi connectivity index (χ3v) is 2.33. The van der Waals surface area contributed by atoms with Crippen molar-refractivity contribution in [2.45, 2.75) is 20.8 Å². The Morgan fingerprint density at radius 1 is 1.19 bits per heavy atom. The van der Waals surface area contributed by atoms with Crippen molar-refractivity contribution in [1.29, 1.82) is 0 Å². The fourth-order valence-corrected chi connectivity index (χ4v) is 1.71. The highest BCUT2D eigenvalue weighted by Gasteiger charge is 2.03. The SMILES string of the molecule is C=C(N)/C(=C\C=C/C)c1cc(C)cc(C)c1. The molecule has 0 aliphatic heterocycles. The van der Waals surface area contributed by atoms with Gasteiger partial charge in [0.05, 0.1) is 0 Å². The molecular formula is C15H19N. The summed E-state index contributed by atoms with van der Waals surface area (Å²) in [6.45, 7) is 9.97. The second-order valence-electron chi connectivity index (χ2n) is 4.01. The van der Waals surface area contributed by atoms with Crippen LogP contribution in [-0.2, 0) is 0 Å². The topological polar surface area (TPSA) is 26.0 Å². The van der Waals surface area contributed by atoms with Crippen LogP contribution >= 0.6 is 0 Å². The fourth-order valence-electron chi connectivity index (χ4n) is 1.71. The van der Waals surface area contributed by atoms with Crippen LogP contribution in [0.3, 0.4) is 0 Å². The molecule has 0 fully saturated rings. The summed E-state index contributed by atoms with van der Waals surface area (Å²) in [5, 5.41) is 0. The van der Waals surface area contributed by atoms with Gasteiger partial charge in [0.25, 0.3) is 0 Å². The first-order chi connectivity index (χ1) is 7.54. The maximum absolute atomic E-state index is 5.81. The summed E-state index contributed by atoms with van der Waals surface area (Å²) in [6, 6.07) is 6.40. The second-order valence-corrected chi connectivity index (χ2v) is 4.01. The van der Waals surface area contributed by atoms with Crippen LogP contribution in [0.25, 0.3) is 5.57 Å². The Morgan fingerprint density at radius 3 is 2.19 bits per heavy atom. The van der Waals surface area contributed by atoms with Crippen LogP contribution in [0.4, 0.5) is 0 Å². The van der Waals surface area contributed by atoms with Crippen LogP contribution in [-0.4, -0.2) is 0 Å². The minimum Gasteiger partial charge on any atom is -0.399 e. The van der Waals surface area contributed by atoms with E-state index >= 15 is 0 Å². The van der Waals surface area contributed by atoms with E-state index in [9.17, 15) is 0 Å². The molecule has 0 aliphatic carbocycles. The van der Waals surface area contributed by atoms with Crippen molar-refractivity contribution >= 4 is 5.57 Å². The zero-order valence-corrected chi connectivity index (χ0v) is 10.2. The molecule has 1 nitrogen and oxygen atoms in total. The molecule has 0 saturated heterocycles. The molecule has 16 heavy (non-hydrogen) atoms. The number of benzene rings is 1. The molecule has 1 rings (SSSR count). The van der Waals surface area contributed by atoms with Gasteiger partial charge in [-0.2, -0.15) is 0 Å². The Balaban J connectivity index is 3.26. The summed E-state index contributed by atoms with van der Waals surface area (Å²) in [6.07, 6.45) is 5.95. The molecule has 0 saturated carbocycles. The van der Waals surface area contributed by atoms with Crippen molar-refractivity contribution < 1.29 is 0 Å². The van der Waals surface area contributed by atoms with Crippen molar-refractivity contribution in [3.8, 4) is 0 Å². The molecule has 0 aromatic heterocycles. The Kier molecular flexibility index (Phi) is 4.12. The van der Waals surface area contributed by atoms with E-state index in [0.29, 0.717) is 5.70 Å². The number of rotatable bonds is 3. The van der Waals surface area contributed by atoms with Gasteiger partial charge in [0.15, 0.2) is 0 Å². The van der Waals surface area contributed by atoms with E-state index in [1.165, 1.54) is 11.1 Å². The molecule has 0 radical (unpaired) electrons. The zero-order chi connectivity index (χ0) is 12.1. The van der Waals surface area contributed by atoms with Gasteiger partial charge in [-0.25, -0.2) is 0 Å². The lowest BCUT2D eigenvalue weighted by Gasteiger charge is -2.09. The molecule has 0 bridgehead atoms. The minimum absolute atomic E-state index is 0.600. The molecule has 0 heterocycles. The summed E-state index contributed by atoms with van der Waals surface area (Å²) >= 11 is 0. The van der Waals surface area contributed by atoms with Crippen molar-refractivity contribution in [1.82, 2.24) is 0 Å². The molecule has 0 atom stereocenters. The predicted octanol–water partition coefficient (Wildman–Crippen LogP) is 3.74. The number of hydrogen-bond acceptors (Lipinski definition) is 1. The van der Waals surface area contributed by atoms with E-state index in [2.05, 4.69) is 38.6 Å². The van der Waals surface area contributed by atoms with Crippen LogP contribution in [0.5, 0.6) is 0 Å². The fraction of sp³-hybridized carbons (Fsp3) is 0.200. The summed E-state index contributed by atoms with van der Waals surface area (Å²) in [5.74, 6) is 0. The highest BCUT2D eigenvalue weighted by molar-refractivity contribution is 5.79. The Labute approximate surface area is 98.0 Å². The number of aryl methyl sites for hydroxylation is 2. The van der Waals surface area contributed by atoms with E-state index in [4.69, 9.17) is 5.73 Å².